The van der Waals surface area contributed by atoms with E-state index in [1.165, 1.54) is 12.5 Å². The minimum atomic E-state index is 1.04. The van der Waals surface area contributed by atoms with Crippen molar-refractivity contribution in [2.45, 2.75) is 13.8 Å². The molecule has 0 fully saturated rings. The van der Waals surface area contributed by atoms with E-state index in [9.17, 15) is 0 Å². The van der Waals surface area contributed by atoms with Gasteiger partial charge in [0.25, 0.3) is 0 Å². The maximum Gasteiger partial charge on any atom is 0.213 e. The molecule has 0 aromatic carbocycles. The second-order valence-corrected chi connectivity index (χ2v) is 3.66. The van der Waals surface area contributed by atoms with Crippen LogP contribution in [-0.2, 0) is 0 Å². The fourth-order valence-electron chi connectivity index (χ4n) is 0.949. The highest BCUT2D eigenvalue weighted by Crippen LogP contribution is 2.01. The molecule has 0 aliphatic rings. The van der Waals surface area contributed by atoms with Crippen LogP contribution in [0.4, 0.5) is 0 Å². The van der Waals surface area contributed by atoms with Gasteiger partial charge in [-0.15, -0.1) is 0 Å². The van der Waals surface area contributed by atoms with E-state index in [-0.39, 0.29) is 0 Å². The van der Waals surface area contributed by atoms with Crippen LogP contribution >= 0.6 is 0 Å². The second kappa shape index (κ2) is 2.40. The first-order valence-electron chi connectivity index (χ1n) is 3.01. The number of quaternary nitrogens is 1. The smallest absolute Gasteiger partial charge is 0.213 e. The van der Waals surface area contributed by atoms with E-state index in [1.807, 2.05) is 0 Å². The highest BCUT2D eigenvalue weighted by molar-refractivity contribution is 4.74. The Morgan fingerprint density at radius 2 is 1.50 bits per heavy atom. The quantitative estimate of drug-likeness (QED) is 0.376. The van der Waals surface area contributed by atoms with Crippen LogP contribution in [0, 0.1) is 5.92 Å². The second-order valence-electron chi connectivity index (χ2n) is 3.66. The Kier molecular flexibility index (Phi) is 2.35. The lowest BCUT2D eigenvalue weighted by atomic mass is 10.2. The van der Waals surface area contributed by atoms with Crippen molar-refractivity contribution >= 4 is 0 Å². The summed E-state index contributed by atoms with van der Waals surface area (Å²) in [6.45, 7) is 5.52. The maximum atomic E-state index is 2.20. The third-order valence-electron chi connectivity index (χ3n) is 0.791. The first-order valence-corrected chi connectivity index (χ1v) is 3.01. The van der Waals surface area contributed by atoms with Crippen molar-refractivity contribution in [1.82, 2.24) is 0 Å². The molecule has 48 valence electrons. The molecule has 0 aliphatic carbocycles. The summed E-state index contributed by atoms with van der Waals surface area (Å²) in [6, 6.07) is 0. The molecule has 0 heterocycles. The van der Waals surface area contributed by atoms with Gasteiger partial charge in [-0.25, -0.2) is 0 Å². The first-order chi connectivity index (χ1) is 3.42. The van der Waals surface area contributed by atoms with Crippen molar-refractivity contribution < 1.29 is 4.48 Å². The van der Waals surface area contributed by atoms with Gasteiger partial charge in [0.15, 0.2) is 0 Å². The van der Waals surface area contributed by atoms with Crippen LogP contribution < -0.4 is 0 Å². The third-order valence-corrected chi connectivity index (χ3v) is 0.791. The number of nitrogens with zero attached hydrogens (tertiary/aromatic N) is 1. The summed E-state index contributed by atoms with van der Waals surface area (Å²) in [5.74, 6) is 1.50. The minimum absolute atomic E-state index is 1.04. The van der Waals surface area contributed by atoms with Gasteiger partial charge in [0.2, 0.25) is 6.54 Å². The molecule has 0 N–H and O–H groups in total. The molecule has 0 spiro atoms. The summed E-state index contributed by atoms with van der Waals surface area (Å²) in [5, 5.41) is 0. The van der Waals surface area contributed by atoms with Gasteiger partial charge >= 0.3 is 0 Å². The molecule has 0 unspecified atom stereocenters. The van der Waals surface area contributed by atoms with Gasteiger partial charge in [0.1, 0.15) is 5.92 Å². The Hall–Kier alpha value is -0.170. The summed E-state index contributed by atoms with van der Waals surface area (Å²) in [5.41, 5.74) is 0. The molecule has 0 amide bonds. The Bertz CT molecular complexity index is 59.3. The molecule has 0 bridgehead atoms. The number of rotatable bonds is 2. The molecule has 0 saturated heterocycles. The van der Waals surface area contributed by atoms with Gasteiger partial charge < -0.3 is 0 Å². The van der Waals surface area contributed by atoms with E-state index in [0.717, 1.165) is 4.48 Å². The van der Waals surface area contributed by atoms with Crippen LogP contribution in [0.25, 0.3) is 0 Å². The van der Waals surface area contributed by atoms with E-state index in [4.69, 9.17) is 0 Å². The lowest BCUT2D eigenvalue weighted by molar-refractivity contribution is -0.867. The maximum absolute atomic E-state index is 2.20. The van der Waals surface area contributed by atoms with Crippen LogP contribution in [0.15, 0.2) is 0 Å². The van der Waals surface area contributed by atoms with Gasteiger partial charge in [-0.2, -0.15) is 0 Å². The average Bonchev–Trinajstić information content (AvgIpc) is 1.21. The molecule has 1 heteroatoms. The molecular formula is C7H17N+2. The number of hydrogen-bond donors (Lipinski definition) is 0. The zero-order valence-electron chi connectivity index (χ0n) is 6.65. The van der Waals surface area contributed by atoms with Crippen molar-refractivity contribution in [3.05, 3.63) is 5.92 Å². The van der Waals surface area contributed by atoms with Crippen molar-refractivity contribution in [3.63, 3.8) is 0 Å². The topological polar surface area (TPSA) is 0 Å². The minimum Gasteiger partial charge on any atom is -0.294 e. The van der Waals surface area contributed by atoms with E-state index in [2.05, 4.69) is 35.0 Å². The van der Waals surface area contributed by atoms with Crippen molar-refractivity contribution in [3.8, 4) is 0 Å². The lowest BCUT2D eigenvalue weighted by Crippen LogP contribution is -2.37. The number of hydrogen-bond acceptors (Lipinski definition) is 0. The third kappa shape index (κ3) is 5.83. The summed E-state index contributed by atoms with van der Waals surface area (Å²) in [7, 11) is 6.60. The van der Waals surface area contributed by atoms with Crippen LogP contribution in [0.5, 0.6) is 0 Å². The highest BCUT2D eigenvalue weighted by atomic mass is 15.3. The first kappa shape index (κ1) is 7.83. The van der Waals surface area contributed by atoms with Crippen molar-refractivity contribution in [2.75, 3.05) is 27.7 Å². The standard InChI is InChI=1S/C7H17N/c1-7(2)6-8(3,4)5/h6H2,1-5H3/q+2. The van der Waals surface area contributed by atoms with Crippen LogP contribution in [0.2, 0.25) is 0 Å². The van der Waals surface area contributed by atoms with E-state index in [1.54, 1.807) is 0 Å². The van der Waals surface area contributed by atoms with E-state index >= 15 is 0 Å². The molecular weight excluding hydrogens is 98.1 g/mol. The molecule has 0 aliphatic heterocycles. The summed E-state index contributed by atoms with van der Waals surface area (Å²) < 4.78 is 1.04. The van der Waals surface area contributed by atoms with Crippen LogP contribution in [-0.4, -0.2) is 32.2 Å². The molecule has 8 heavy (non-hydrogen) atoms. The highest BCUT2D eigenvalue weighted by Gasteiger charge is 2.16. The molecule has 0 radical (unpaired) electrons. The monoisotopic (exact) mass is 115 g/mol. The van der Waals surface area contributed by atoms with E-state index in [0.29, 0.717) is 0 Å². The Labute approximate surface area is 52.9 Å². The molecule has 0 rings (SSSR count). The van der Waals surface area contributed by atoms with Crippen molar-refractivity contribution in [1.29, 1.82) is 0 Å². The summed E-state index contributed by atoms with van der Waals surface area (Å²) >= 11 is 0. The van der Waals surface area contributed by atoms with Crippen molar-refractivity contribution in [2.24, 2.45) is 0 Å². The van der Waals surface area contributed by atoms with Crippen LogP contribution in [0.1, 0.15) is 13.8 Å². The Balaban J connectivity index is 3.39. The summed E-state index contributed by atoms with van der Waals surface area (Å²) in [4.78, 5) is 0. The Morgan fingerprint density at radius 3 is 1.50 bits per heavy atom. The van der Waals surface area contributed by atoms with Gasteiger partial charge in [-0.3, -0.25) is 4.48 Å². The SMILES string of the molecule is C[C+](C)C[N+](C)(C)C. The molecule has 0 aromatic rings. The molecule has 0 atom stereocenters. The normalized spacial score (nSPS) is 11.6. The fourth-order valence-corrected chi connectivity index (χ4v) is 0.949. The van der Waals surface area contributed by atoms with Crippen LogP contribution in [0.3, 0.4) is 0 Å². The molecule has 0 saturated carbocycles. The molecule has 1 nitrogen and oxygen atoms in total. The van der Waals surface area contributed by atoms with E-state index < -0.39 is 0 Å². The lowest BCUT2D eigenvalue weighted by Gasteiger charge is -2.20. The fraction of sp³-hybridized carbons (Fsp3) is 0.857. The van der Waals surface area contributed by atoms with Gasteiger partial charge in [0, 0.05) is 0 Å². The zero-order chi connectivity index (χ0) is 6.78. The predicted octanol–water partition coefficient (Wildman–Crippen LogP) is 1.31. The predicted molar refractivity (Wildman–Crippen MR) is 37.5 cm³/mol. The average molecular weight is 115 g/mol. The Morgan fingerprint density at radius 1 is 1.12 bits per heavy atom. The zero-order valence-corrected chi connectivity index (χ0v) is 6.65. The van der Waals surface area contributed by atoms with Gasteiger partial charge in [-0.05, 0) is 0 Å². The largest absolute Gasteiger partial charge is 0.294 e. The van der Waals surface area contributed by atoms with Gasteiger partial charge in [0.05, 0.1) is 35.0 Å². The molecule has 0 aromatic heterocycles. The van der Waals surface area contributed by atoms with Gasteiger partial charge in [-0.1, -0.05) is 0 Å². The summed E-state index contributed by atoms with van der Waals surface area (Å²) in [6.07, 6.45) is 0.